The number of hydrogen-bond acceptors (Lipinski definition) is 6. The summed E-state index contributed by atoms with van der Waals surface area (Å²) in [7, 11) is -3.51. The molecular formula is C18H17NO6S. The van der Waals surface area contributed by atoms with E-state index in [-0.39, 0.29) is 36.2 Å². The Kier molecular flexibility index (Phi) is 5.34. The van der Waals surface area contributed by atoms with Crippen LogP contribution in [0.2, 0.25) is 0 Å². The highest BCUT2D eigenvalue weighted by atomic mass is 32.2. The molecule has 0 aromatic heterocycles. The number of nitro groups is 1. The van der Waals surface area contributed by atoms with Crippen molar-refractivity contribution in [2.45, 2.75) is 12.4 Å². The minimum absolute atomic E-state index is 0.00817. The van der Waals surface area contributed by atoms with Crippen molar-refractivity contribution in [1.82, 2.24) is 0 Å². The fourth-order valence-electron chi connectivity index (χ4n) is 2.68. The monoisotopic (exact) mass is 375 g/mol. The van der Waals surface area contributed by atoms with Crippen LogP contribution in [-0.4, -0.2) is 25.9 Å². The molecule has 0 atom stereocenters. The highest BCUT2D eigenvalue weighted by Crippen LogP contribution is 2.33. The first kappa shape index (κ1) is 18.1. The van der Waals surface area contributed by atoms with Crippen molar-refractivity contribution in [2.75, 3.05) is 12.5 Å². The summed E-state index contributed by atoms with van der Waals surface area (Å²) in [6.45, 7) is 0.143. The van der Waals surface area contributed by atoms with E-state index in [4.69, 9.17) is 9.47 Å². The van der Waals surface area contributed by atoms with Crippen molar-refractivity contribution in [2.24, 2.45) is 0 Å². The summed E-state index contributed by atoms with van der Waals surface area (Å²) in [6.07, 6.45) is 3.29. The van der Waals surface area contributed by atoms with Gasteiger partial charge in [0.05, 0.1) is 23.0 Å². The highest BCUT2D eigenvalue weighted by molar-refractivity contribution is 7.90. The van der Waals surface area contributed by atoms with Gasteiger partial charge in [0.15, 0.2) is 16.6 Å². The van der Waals surface area contributed by atoms with Gasteiger partial charge in [-0.1, -0.05) is 42.5 Å². The van der Waals surface area contributed by atoms with Crippen molar-refractivity contribution in [1.29, 1.82) is 0 Å². The SMILES string of the molecule is O=[N+]([O-])c1cc2c(c(CS(=O)(=O)C/C=C/c3ccccc3)c1)OCOC2. The fraction of sp³-hybridized carbons (Fsp3) is 0.222. The molecule has 0 amide bonds. The van der Waals surface area contributed by atoms with Crippen molar-refractivity contribution >= 4 is 21.6 Å². The average molecular weight is 375 g/mol. The molecule has 2 aromatic rings. The highest BCUT2D eigenvalue weighted by Gasteiger charge is 2.24. The molecular weight excluding hydrogens is 358 g/mol. The number of sulfone groups is 1. The van der Waals surface area contributed by atoms with Gasteiger partial charge in [-0.2, -0.15) is 0 Å². The summed E-state index contributed by atoms with van der Waals surface area (Å²) in [4.78, 5) is 10.5. The smallest absolute Gasteiger partial charge is 0.270 e. The Balaban J connectivity index is 1.81. The van der Waals surface area contributed by atoms with Crippen LogP contribution < -0.4 is 4.74 Å². The molecule has 7 nitrogen and oxygen atoms in total. The number of nitrogens with zero attached hydrogens (tertiary/aromatic N) is 1. The molecule has 0 radical (unpaired) electrons. The first-order chi connectivity index (χ1) is 12.4. The summed E-state index contributed by atoms with van der Waals surface area (Å²) >= 11 is 0. The second-order valence-electron chi connectivity index (χ2n) is 5.83. The van der Waals surface area contributed by atoms with Crippen LogP contribution in [0.15, 0.2) is 48.5 Å². The minimum atomic E-state index is -3.51. The lowest BCUT2D eigenvalue weighted by atomic mass is 10.1. The van der Waals surface area contributed by atoms with Gasteiger partial charge in [-0.3, -0.25) is 10.1 Å². The standard InChI is InChI=1S/C18H17NO6S/c20-19(21)17-9-15-11-24-13-25-18(15)16(10-17)12-26(22,23)8-4-7-14-5-2-1-3-6-14/h1-7,9-10H,8,11-13H2/b7-4+. The zero-order valence-electron chi connectivity index (χ0n) is 13.8. The Morgan fingerprint density at radius 3 is 2.69 bits per heavy atom. The summed E-state index contributed by atoms with van der Waals surface area (Å²) in [5.74, 6) is -0.149. The van der Waals surface area contributed by atoms with Crippen molar-refractivity contribution in [3.8, 4) is 5.75 Å². The molecule has 1 heterocycles. The molecule has 0 unspecified atom stereocenters. The molecule has 0 saturated carbocycles. The molecule has 3 rings (SSSR count). The van der Waals surface area contributed by atoms with Crippen molar-refractivity contribution < 1.29 is 22.8 Å². The summed E-state index contributed by atoms with van der Waals surface area (Å²) in [5, 5.41) is 11.1. The minimum Gasteiger partial charge on any atom is -0.467 e. The lowest BCUT2D eigenvalue weighted by Gasteiger charge is -2.20. The van der Waals surface area contributed by atoms with Crippen molar-refractivity contribution in [3.05, 3.63) is 75.3 Å². The third-order valence-electron chi connectivity index (χ3n) is 3.82. The van der Waals surface area contributed by atoms with E-state index in [0.29, 0.717) is 11.3 Å². The van der Waals surface area contributed by atoms with E-state index in [2.05, 4.69) is 0 Å². The molecule has 1 aliphatic heterocycles. The summed E-state index contributed by atoms with van der Waals surface area (Å²) in [6, 6.07) is 11.9. The Morgan fingerprint density at radius 2 is 1.96 bits per heavy atom. The molecule has 0 saturated heterocycles. The normalized spacial score (nSPS) is 14.0. The Bertz CT molecular complexity index is 938. The van der Waals surface area contributed by atoms with Crippen LogP contribution in [0, 0.1) is 10.1 Å². The van der Waals surface area contributed by atoms with Crippen LogP contribution in [-0.2, 0) is 26.9 Å². The van der Waals surface area contributed by atoms with Gasteiger partial charge in [0, 0.05) is 23.3 Å². The second-order valence-corrected chi connectivity index (χ2v) is 7.94. The molecule has 0 spiro atoms. The first-order valence-electron chi connectivity index (χ1n) is 7.87. The Morgan fingerprint density at radius 1 is 1.19 bits per heavy atom. The fourth-order valence-corrected chi connectivity index (χ4v) is 3.88. The van der Waals surface area contributed by atoms with Crippen LogP contribution >= 0.6 is 0 Å². The Hall–Kier alpha value is -2.71. The van der Waals surface area contributed by atoms with Gasteiger partial charge >= 0.3 is 0 Å². The van der Waals surface area contributed by atoms with E-state index < -0.39 is 14.8 Å². The molecule has 1 aliphatic rings. The van der Waals surface area contributed by atoms with Crippen LogP contribution in [0.25, 0.3) is 6.08 Å². The van der Waals surface area contributed by atoms with Crippen LogP contribution in [0.5, 0.6) is 5.75 Å². The number of benzene rings is 2. The van der Waals surface area contributed by atoms with Gasteiger partial charge in [-0.25, -0.2) is 8.42 Å². The predicted octanol–water partition coefficient (Wildman–Crippen LogP) is 3.09. The second kappa shape index (κ2) is 7.67. The topological polar surface area (TPSA) is 95.7 Å². The summed E-state index contributed by atoms with van der Waals surface area (Å²) < 4.78 is 35.4. The van der Waals surface area contributed by atoms with E-state index in [0.717, 1.165) is 5.56 Å². The van der Waals surface area contributed by atoms with Crippen LogP contribution in [0.3, 0.4) is 0 Å². The van der Waals surface area contributed by atoms with Gasteiger partial charge in [0.25, 0.3) is 5.69 Å². The van der Waals surface area contributed by atoms with E-state index in [1.807, 2.05) is 30.3 Å². The number of ether oxygens (including phenoxy) is 2. The number of non-ortho nitro benzene ring substituents is 1. The molecule has 136 valence electrons. The molecule has 8 heteroatoms. The maximum absolute atomic E-state index is 12.4. The van der Waals surface area contributed by atoms with Gasteiger partial charge in [0.2, 0.25) is 0 Å². The number of hydrogen-bond donors (Lipinski definition) is 0. The third-order valence-corrected chi connectivity index (χ3v) is 5.27. The molecule has 0 aliphatic carbocycles. The average Bonchev–Trinajstić information content (AvgIpc) is 2.62. The number of fused-ring (bicyclic) bond motifs is 1. The van der Waals surface area contributed by atoms with Gasteiger partial charge in [-0.05, 0) is 5.56 Å². The van der Waals surface area contributed by atoms with E-state index in [1.54, 1.807) is 12.2 Å². The third kappa shape index (κ3) is 4.47. The zero-order chi connectivity index (χ0) is 18.6. The zero-order valence-corrected chi connectivity index (χ0v) is 14.6. The molecule has 26 heavy (non-hydrogen) atoms. The quantitative estimate of drug-likeness (QED) is 0.569. The number of nitro benzene ring substituents is 1. The molecule has 2 aromatic carbocycles. The van der Waals surface area contributed by atoms with Gasteiger partial charge in [-0.15, -0.1) is 0 Å². The predicted molar refractivity (Wildman–Crippen MR) is 96.3 cm³/mol. The van der Waals surface area contributed by atoms with E-state index in [1.165, 1.54) is 12.1 Å². The van der Waals surface area contributed by atoms with Crippen molar-refractivity contribution in [3.63, 3.8) is 0 Å². The van der Waals surface area contributed by atoms with Crippen LogP contribution in [0.1, 0.15) is 16.7 Å². The summed E-state index contributed by atoms with van der Waals surface area (Å²) in [5.41, 5.74) is 1.49. The molecule has 0 N–H and O–H groups in total. The molecule has 0 bridgehead atoms. The lowest BCUT2D eigenvalue weighted by molar-refractivity contribution is -0.385. The number of rotatable bonds is 6. The first-order valence-corrected chi connectivity index (χ1v) is 9.69. The van der Waals surface area contributed by atoms with E-state index in [9.17, 15) is 18.5 Å². The lowest BCUT2D eigenvalue weighted by Crippen LogP contribution is -2.16. The van der Waals surface area contributed by atoms with Gasteiger partial charge in [0.1, 0.15) is 5.75 Å². The largest absolute Gasteiger partial charge is 0.467 e. The maximum atomic E-state index is 12.4. The van der Waals surface area contributed by atoms with Gasteiger partial charge < -0.3 is 9.47 Å². The van der Waals surface area contributed by atoms with Crippen LogP contribution in [0.4, 0.5) is 5.69 Å². The maximum Gasteiger partial charge on any atom is 0.270 e. The molecule has 0 fully saturated rings. The Labute approximate surface area is 150 Å². The van der Waals surface area contributed by atoms with E-state index >= 15 is 0 Å².